The van der Waals surface area contributed by atoms with Gasteiger partial charge in [-0.3, -0.25) is 9.48 Å². The molecule has 1 aromatic carbocycles. The Morgan fingerprint density at radius 2 is 2.17 bits per heavy atom. The molecule has 1 atom stereocenters. The van der Waals surface area contributed by atoms with Gasteiger partial charge in [-0.15, -0.1) is 5.10 Å². The number of carbonyl (C=O) groups excluding carboxylic acids is 1. The summed E-state index contributed by atoms with van der Waals surface area (Å²) in [5.41, 5.74) is 0.390. The molecule has 7 nitrogen and oxygen atoms in total. The van der Waals surface area contributed by atoms with Gasteiger partial charge in [0, 0.05) is 12.7 Å². The van der Waals surface area contributed by atoms with Gasteiger partial charge < -0.3 is 10.0 Å². The van der Waals surface area contributed by atoms with E-state index in [2.05, 4.69) is 10.3 Å². The maximum atomic E-state index is 12.9. The second-order valence-corrected chi connectivity index (χ2v) is 6.18. The highest BCUT2D eigenvalue weighted by atomic mass is 35.5. The molecule has 0 bridgehead atoms. The Hall–Kier alpha value is -2.41. The van der Waals surface area contributed by atoms with Crippen LogP contribution >= 0.6 is 11.6 Å². The molecule has 2 heterocycles. The molecule has 1 aromatic heterocycles. The predicted octanol–water partition coefficient (Wildman–Crippen LogP) is 2.32. The summed E-state index contributed by atoms with van der Waals surface area (Å²) in [6.45, 7) is 1.23. The average Bonchev–Trinajstić information content (AvgIpc) is 3.07. The molecule has 1 fully saturated rings. The number of amides is 1. The number of carboxylic acids is 1. The Labute approximate surface area is 143 Å². The molecule has 24 heavy (non-hydrogen) atoms. The number of nitrogens with zero attached hydrogens (tertiary/aromatic N) is 4. The molecule has 126 valence electrons. The third-order valence-electron chi connectivity index (χ3n) is 4.20. The summed E-state index contributed by atoms with van der Waals surface area (Å²) in [6, 6.07) is 4.21. The summed E-state index contributed by atoms with van der Waals surface area (Å²) < 4.78 is 1.71. The van der Waals surface area contributed by atoms with E-state index in [1.807, 2.05) is 0 Å². The summed E-state index contributed by atoms with van der Waals surface area (Å²) in [7, 11) is 0. The van der Waals surface area contributed by atoms with Crippen LogP contribution in [0.1, 0.15) is 40.0 Å². The van der Waals surface area contributed by atoms with Gasteiger partial charge in [-0.25, -0.2) is 4.79 Å². The van der Waals surface area contributed by atoms with Crippen LogP contribution in [-0.2, 0) is 6.54 Å². The molecule has 1 N–H and O–H groups in total. The fourth-order valence-electron chi connectivity index (χ4n) is 2.98. The van der Waals surface area contributed by atoms with Crippen LogP contribution in [-0.4, -0.2) is 49.5 Å². The monoisotopic (exact) mass is 348 g/mol. The molecular weight excluding hydrogens is 332 g/mol. The van der Waals surface area contributed by atoms with Gasteiger partial charge >= 0.3 is 5.97 Å². The number of aromatic nitrogens is 3. The molecule has 1 aliphatic rings. The first-order valence-electron chi connectivity index (χ1n) is 7.74. The van der Waals surface area contributed by atoms with Crippen molar-refractivity contribution in [2.45, 2.75) is 31.8 Å². The molecule has 1 aliphatic heterocycles. The SMILES string of the molecule is O=C(O)c1ccc(C(=O)N2CCCCC2Cn2ccnn2)c(Cl)c1. The lowest BCUT2D eigenvalue weighted by atomic mass is 10.00. The first-order valence-corrected chi connectivity index (χ1v) is 8.12. The Balaban J connectivity index is 1.82. The maximum absolute atomic E-state index is 12.9. The van der Waals surface area contributed by atoms with Crippen molar-refractivity contribution in [1.29, 1.82) is 0 Å². The normalized spacial score (nSPS) is 17.7. The van der Waals surface area contributed by atoms with E-state index in [1.54, 1.807) is 22.0 Å². The van der Waals surface area contributed by atoms with Crippen molar-refractivity contribution in [3.8, 4) is 0 Å². The smallest absolute Gasteiger partial charge is 0.335 e. The number of aromatic carboxylic acids is 1. The van der Waals surface area contributed by atoms with Crippen LogP contribution in [0, 0.1) is 0 Å². The van der Waals surface area contributed by atoms with Crippen molar-refractivity contribution in [3.63, 3.8) is 0 Å². The molecular formula is C16H17ClN4O3. The molecule has 1 amide bonds. The maximum Gasteiger partial charge on any atom is 0.335 e. The van der Waals surface area contributed by atoms with Crippen LogP contribution in [0.4, 0.5) is 0 Å². The number of hydrogen-bond donors (Lipinski definition) is 1. The molecule has 8 heteroatoms. The van der Waals surface area contributed by atoms with Gasteiger partial charge in [0.15, 0.2) is 0 Å². The minimum atomic E-state index is -1.07. The van der Waals surface area contributed by atoms with Crippen molar-refractivity contribution in [3.05, 3.63) is 46.7 Å². The van der Waals surface area contributed by atoms with Gasteiger partial charge in [-0.2, -0.15) is 0 Å². The summed E-state index contributed by atoms with van der Waals surface area (Å²) in [5.74, 6) is -1.25. The van der Waals surface area contributed by atoms with Crippen LogP contribution in [0.5, 0.6) is 0 Å². The van der Waals surface area contributed by atoms with E-state index in [9.17, 15) is 9.59 Å². The number of likely N-dealkylation sites (tertiary alicyclic amines) is 1. The predicted molar refractivity (Wildman–Crippen MR) is 87.1 cm³/mol. The lowest BCUT2D eigenvalue weighted by Crippen LogP contribution is -2.46. The molecule has 1 unspecified atom stereocenters. The largest absolute Gasteiger partial charge is 0.478 e. The van der Waals surface area contributed by atoms with Crippen molar-refractivity contribution in [2.75, 3.05) is 6.54 Å². The van der Waals surface area contributed by atoms with Gasteiger partial charge in [0.05, 0.1) is 34.9 Å². The highest BCUT2D eigenvalue weighted by Crippen LogP contribution is 2.25. The summed E-state index contributed by atoms with van der Waals surface area (Å²) in [5, 5.41) is 16.9. The number of hydrogen-bond acceptors (Lipinski definition) is 4. The third kappa shape index (κ3) is 3.41. The second kappa shape index (κ2) is 7.00. The average molecular weight is 349 g/mol. The van der Waals surface area contributed by atoms with Gasteiger partial charge in [0.25, 0.3) is 5.91 Å². The standard InChI is InChI=1S/C16H17ClN4O3/c17-14-9-11(16(23)24)4-5-13(14)15(22)21-7-2-1-3-12(21)10-20-8-6-18-19-20/h4-6,8-9,12H,1-3,7,10H2,(H,23,24). The molecule has 0 saturated carbocycles. The van der Waals surface area contributed by atoms with E-state index in [0.717, 1.165) is 19.3 Å². The Morgan fingerprint density at radius 3 is 2.83 bits per heavy atom. The van der Waals surface area contributed by atoms with Gasteiger partial charge in [0.2, 0.25) is 0 Å². The summed E-state index contributed by atoms with van der Waals surface area (Å²) in [4.78, 5) is 25.7. The highest BCUT2D eigenvalue weighted by Gasteiger charge is 2.29. The van der Waals surface area contributed by atoms with Crippen molar-refractivity contribution in [1.82, 2.24) is 19.9 Å². The number of halogens is 1. The number of carbonyl (C=O) groups is 2. The van der Waals surface area contributed by atoms with Crippen molar-refractivity contribution < 1.29 is 14.7 Å². The summed E-state index contributed by atoms with van der Waals surface area (Å²) >= 11 is 6.14. The van der Waals surface area contributed by atoms with Crippen LogP contribution < -0.4 is 0 Å². The van der Waals surface area contributed by atoms with Gasteiger partial charge in [-0.05, 0) is 37.5 Å². The molecule has 0 spiro atoms. The van der Waals surface area contributed by atoms with E-state index < -0.39 is 5.97 Å². The number of carboxylic acid groups (broad SMARTS) is 1. The van der Waals surface area contributed by atoms with E-state index in [-0.39, 0.29) is 22.5 Å². The Kier molecular flexibility index (Phi) is 4.80. The Morgan fingerprint density at radius 1 is 1.33 bits per heavy atom. The third-order valence-corrected chi connectivity index (χ3v) is 4.52. The molecule has 1 saturated heterocycles. The molecule has 3 rings (SSSR count). The first kappa shape index (κ1) is 16.4. The fourth-order valence-corrected chi connectivity index (χ4v) is 3.24. The lowest BCUT2D eigenvalue weighted by Gasteiger charge is -2.35. The molecule has 2 aromatic rings. The van der Waals surface area contributed by atoms with E-state index in [1.165, 1.54) is 18.2 Å². The van der Waals surface area contributed by atoms with Crippen LogP contribution in [0.15, 0.2) is 30.6 Å². The van der Waals surface area contributed by atoms with Crippen molar-refractivity contribution in [2.24, 2.45) is 0 Å². The van der Waals surface area contributed by atoms with Crippen LogP contribution in [0.3, 0.4) is 0 Å². The quantitative estimate of drug-likeness (QED) is 0.916. The first-order chi connectivity index (χ1) is 11.6. The number of benzene rings is 1. The number of rotatable bonds is 4. The lowest BCUT2D eigenvalue weighted by molar-refractivity contribution is 0.0581. The number of piperidine rings is 1. The topological polar surface area (TPSA) is 88.3 Å². The minimum Gasteiger partial charge on any atom is -0.478 e. The highest BCUT2D eigenvalue weighted by molar-refractivity contribution is 6.34. The van der Waals surface area contributed by atoms with Crippen LogP contribution in [0.2, 0.25) is 5.02 Å². The zero-order chi connectivity index (χ0) is 17.1. The van der Waals surface area contributed by atoms with Crippen molar-refractivity contribution >= 4 is 23.5 Å². The van der Waals surface area contributed by atoms with Gasteiger partial charge in [0.1, 0.15) is 0 Å². The van der Waals surface area contributed by atoms with E-state index >= 15 is 0 Å². The van der Waals surface area contributed by atoms with Gasteiger partial charge in [-0.1, -0.05) is 16.8 Å². The second-order valence-electron chi connectivity index (χ2n) is 5.77. The zero-order valence-corrected chi connectivity index (χ0v) is 13.7. The molecule has 0 aliphatic carbocycles. The minimum absolute atomic E-state index is 0.0168. The summed E-state index contributed by atoms with van der Waals surface area (Å²) in [6.07, 6.45) is 6.25. The Bertz CT molecular complexity index is 748. The molecule has 0 radical (unpaired) electrons. The fraction of sp³-hybridized carbons (Fsp3) is 0.375. The van der Waals surface area contributed by atoms with E-state index in [4.69, 9.17) is 16.7 Å². The van der Waals surface area contributed by atoms with Crippen LogP contribution in [0.25, 0.3) is 0 Å². The zero-order valence-electron chi connectivity index (χ0n) is 12.9. The van der Waals surface area contributed by atoms with E-state index in [0.29, 0.717) is 18.7 Å².